The summed E-state index contributed by atoms with van der Waals surface area (Å²) in [6, 6.07) is 0.940. The van der Waals surface area contributed by atoms with Crippen LogP contribution in [0.2, 0.25) is 0 Å². The minimum Gasteiger partial charge on any atom is -0.391 e. The monoisotopic (exact) mass is 253 g/mol. The fourth-order valence-corrected chi connectivity index (χ4v) is 4.24. The van der Waals surface area contributed by atoms with Crippen molar-refractivity contribution in [3.8, 4) is 0 Å². The van der Waals surface area contributed by atoms with E-state index in [4.69, 9.17) is 4.74 Å². The van der Waals surface area contributed by atoms with Gasteiger partial charge in [0.15, 0.2) is 0 Å². The van der Waals surface area contributed by atoms with Crippen LogP contribution in [-0.4, -0.2) is 47.4 Å². The van der Waals surface area contributed by atoms with Gasteiger partial charge in [-0.15, -0.1) is 0 Å². The van der Waals surface area contributed by atoms with Crippen LogP contribution in [0.3, 0.4) is 0 Å². The maximum absolute atomic E-state index is 10.4. The van der Waals surface area contributed by atoms with E-state index in [1.807, 2.05) is 0 Å². The van der Waals surface area contributed by atoms with Gasteiger partial charge in [0, 0.05) is 18.6 Å². The molecule has 0 aromatic heterocycles. The van der Waals surface area contributed by atoms with E-state index in [9.17, 15) is 5.11 Å². The second-order valence-corrected chi connectivity index (χ2v) is 7.19. The number of fused-ring (bicyclic) bond motifs is 1. The Morgan fingerprint density at radius 1 is 1.17 bits per heavy atom. The third kappa shape index (κ3) is 2.33. The van der Waals surface area contributed by atoms with Crippen LogP contribution in [0.15, 0.2) is 0 Å². The molecule has 3 nitrogen and oxygen atoms in total. The molecule has 2 aliphatic carbocycles. The predicted octanol–water partition coefficient (Wildman–Crippen LogP) is 2.18. The first-order chi connectivity index (χ1) is 8.57. The van der Waals surface area contributed by atoms with Crippen LogP contribution >= 0.6 is 0 Å². The van der Waals surface area contributed by atoms with Crippen LogP contribution in [-0.2, 0) is 4.74 Å². The fraction of sp³-hybridized carbons (Fsp3) is 1.00. The normalized spacial score (nSPS) is 44.8. The van der Waals surface area contributed by atoms with Crippen molar-refractivity contribution in [2.75, 3.05) is 13.2 Å². The number of aliphatic hydroxyl groups is 1. The van der Waals surface area contributed by atoms with Crippen molar-refractivity contribution in [2.24, 2.45) is 5.41 Å². The van der Waals surface area contributed by atoms with Gasteiger partial charge < -0.3 is 9.84 Å². The largest absolute Gasteiger partial charge is 0.391 e. The lowest BCUT2D eigenvalue weighted by Crippen LogP contribution is -2.58. The van der Waals surface area contributed by atoms with Crippen LogP contribution in [0.5, 0.6) is 0 Å². The molecular formula is C15H27NO2. The third-order valence-electron chi connectivity index (χ3n) is 5.27. The number of hydrogen-bond donors (Lipinski definition) is 1. The van der Waals surface area contributed by atoms with Crippen molar-refractivity contribution < 1.29 is 9.84 Å². The molecule has 3 rings (SSSR count). The maximum atomic E-state index is 10.4. The Morgan fingerprint density at radius 3 is 2.83 bits per heavy atom. The first kappa shape index (κ1) is 12.9. The molecule has 1 N–H and O–H groups in total. The van der Waals surface area contributed by atoms with Gasteiger partial charge in [-0.1, -0.05) is 13.8 Å². The molecule has 0 amide bonds. The molecule has 0 bridgehead atoms. The molecule has 104 valence electrons. The SMILES string of the molecule is CC1(C)CCC(O)C(N2CCOC3CCCC32)C1. The average molecular weight is 253 g/mol. The van der Waals surface area contributed by atoms with E-state index in [-0.39, 0.29) is 6.10 Å². The van der Waals surface area contributed by atoms with Gasteiger partial charge >= 0.3 is 0 Å². The topological polar surface area (TPSA) is 32.7 Å². The summed E-state index contributed by atoms with van der Waals surface area (Å²) < 4.78 is 5.89. The molecule has 1 heterocycles. The van der Waals surface area contributed by atoms with Gasteiger partial charge in [-0.05, 0) is 43.9 Å². The van der Waals surface area contributed by atoms with Crippen molar-refractivity contribution in [3.05, 3.63) is 0 Å². The molecule has 0 aromatic carbocycles. The van der Waals surface area contributed by atoms with Crippen molar-refractivity contribution in [2.45, 2.75) is 76.7 Å². The lowest BCUT2D eigenvalue weighted by atomic mass is 9.73. The molecule has 4 unspecified atom stereocenters. The van der Waals surface area contributed by atoms with E-state index in [0.29, 0.717) is 23.6 Å². The number of rotatable bonds is 1. The average Bonchev–Trinajstić information content (AvgIpc) is 2.80. The molecule has 0 aromatic rings. The summed E-state index contributed by atoms with van der Waals surface area (Å²) >= 11 is 0. The molecule has 0 radical (unpaired) electrons. The summed E-state index contributed by atoms with van der Waals surface area (Å²) in [7, 11) is 0. The quantitative estimate of drug-likeness (QED) is 0.777. The predicted molar refractivity (Wildman–Crippen MR) is 71.5 cm³/mol. The lowest BCUT2D eigenvalue weighted by Gasteiger charge is -2.49. The van der Waals surface area contributed by atoms with E-state index in [1.165, 1.54) is 19.3 Å². The van der Waals surface area contributed by atoms with Crippen LogP contribution in [0, 0.1) is 5.41 Å². The summed E-state index contributed by atoms with van der Waals surface area (Å²) in [5.74, 6) is 0. The molecule has 2 saturated carbocycles. The van der Waals surface area contributed by atoms with E-state index in [0.717, 1.165) is 32.4 Å². The van der Waals surface area contributed by atoms with Crippen LogP contribution in [0.4, 0.5) is 0 Å². The van der Waals surface area contributed by atoms with Gasteiger partial charge in [0.2, 0.25) is 0 Å². The van der Waals surface area contributed by atoms with Gasteiger partial charge in [0.25, 0.3) is 0 Å². The van der Waals surface area contributed by atoms with Crippen molar-refractivity contribution in [3.63, 3.8) is 0 Å². The third-order valence-corrected chi connectivity index (χ3v) is 5.27. The Labute approximate surface area is 110 Å². The zero-order chi connectivity index (χ0) is 12.8. The summed E-state index contributed by atoms with van der Waals surface area (Å²) in [4.78, 5) is 2.59. The number of nitrogens with zero attached hydrogens (tertiary/aromatic N) is 1. The first-order valence-electron chi connectivity index (χ1n) is 7.62. The zero-order valence-electron chi connectivity index (χ0n) is 11.8. The van der Waals surface area contributed by atoms with Crippen molar-refractivity contribution in [1.29, 1.82) is 0 Å². The zero-order valence-corrected chi connectivity index (χ0v) is 11.8. The summed E-state index contributed by atoms with van der Waals surface area (Å²) in [6.45, 7) is 6.56. The smallest absolute Gasteiger partial charge is 0.0731 e. The highest BCUT2D eigenvalue weighted by atomic mass is 16.5. The van der Waals surface area contributed by atoms with E-state index in [1.54, 1.807) is 0 Å². The fourth-order valence-electron chi connectivity index (χ4n) is 4.24. The van der Waals surface area contributed by atoms with Crippen molar-refractivity contribution >= 4 is 0 Å². The Kier molecular flexibility index (Phi) is 3.41. The minimum atomic E-state index is -0.127. The number of morpholine rings is 1. The summed E-state index contributed by atoms with van der Waals surface area (Å²) in [5.41, 5.74) is 0.385. The number of aliphatic hydroxyl groups excluding tert-OH is 1. The van der Waals surface area contributed by atoms with Gasteiger partial charge in [-0.2, -0.15) is 0 Å². The van der Waals surface area contributed by atoms with Gasteiger partial charge in [-0.3, -0.25) is 4.90 Å². The van der Waals surface area contributed by atoms with Gasteiger partial charge in [0.1, 0.15) is 0 Å². The molecule has 3 fully saturated rings. The maximum Gasteiger partial charge on any atom is 0.0731 e. The molecule has 1 aliphatic heterocycles. The first-order valence-corrected chi connectivity index (χ1v) is 7.62. The molecule has 4 atom stereocenters. The summed E-state index contributed by atoms with van der Waals surface area (Å²) in [5, 5.41) is 10.4. The lowest BCUT2D eigenvalue weighted by molar-refractivity contribution is -0.110. The Hall–Kier alpha value is -0.120. The van der Waals surface area contributed by atoms with E-state index < -0.39 is 0 Å². The molecule has 3 heteroatoms. The Bertz CT molecular complexity index is 305. The van der Waals surface area contributed by atoms with Crippen LogP contribution < -0.4 is 0 Å². The highest BCUT2D eigenvalue weighted by Gasteiger charge is 2.44. The van der Waals surface area contributed by atoms with Gasteiger partial charge in [-0.25, -0.2) is 0 Å². The van der Waals surface area contributed by atoms with E-state index >= 15 is 0 Å². The highest BCUT2D eigenvalue weighted by Crippen LogP contribution is 2.41. The molecule has 0 spiro atoms. The molecular weight excluding hydrogens is 226 g/mol. The molecule has 3 aliphatic rings. The van der Waals surface area contributed by atoms with Crippen LogP contribution in [0.25, 0.3) is 0 Å². The Balaban J connectivity index is 1.75. The molecule has 18 heavy (non-hydrogen) atoms. The van der Waals surface area contributed by atoms with Crippen LogP contribution in [0.1, 0.15) is 52.4 Å². The Morgan fingerprint density at radius 2 is 2.00 bits per heavy atom. The van der Waals surface area contributed by atoms with Gasteiger partial charge in [0.05, 0.1) is 18.8 Å². The number of ether oxygens (including phenoxy) is 1. The van der Waals surface area contributed by atoms with E-state index in [2.05, 4.69) is 18.7 Å². The second kappa shape index (κ2) is 4.77. The summed E-state index contributed by atoms with van der Waals surface area (Å²) in [6.07, 6.45) is 7.33. The molecule has 1 saturated heterocycles. The number of hydrogen-bond acceptors (Lipinski definition) is 3. The highest BCUT2D eigenvalue weighted by molar-refractivity contribution is 4.98. The standard InChI is InChI=1S/C15H27NO2/c1-15(2)7-6-13(17)12(10-15)16-8-9-18-14-5-3-4-11(14)16/h11-14,17H,3-10H2,1-2H3. The minimum absolute atomic E-state index is 0.127. The van der Waals surface area contributed by atoms with Crippen molar-refractivity contribution in [1.82, 2.24) is 4.90 Å². The second-order valence-electron chi connectivity index (χ2n) is 7.19.